The van der Waals surface area contributed by atoms with Gasteiger partial charge >= 0.3 is 0 Å². The minimum Gasteiger partial charge on any atom is -0.324 e. The smallest absolute Gasteiger partial charge is 0.0262 e. The molecule has 0 radical (unpaired) electrons. The maximum Gasteiger partial charge on any atom is 0.0262 e. The molecular formula is C14H23N. The Morgan fingerprint density at radius 2 is 2.13 bits per heavy atom. The Labute approximate surface area is 94.1 Å². The first-order valence-electron chi connectivity index (χ1n) is 5.50. The topological polar surface area (TPSA) is 26.0 Å². The Morgan fingerprint density at radius 1 is 1.47 bits per heavy atom. The Morgan fingerprint density at radius 3 is 2.60 bits per heavy atom. The highest BCUT2D eigenvalue weighted by Crippen LogP contribution is 2.10. The Kier molecular flexibility index (Phi) is 7.65. The summed E-state index contributed by atoms with van der Waals surface area (Å²) in [6.07, 6.45) is 11.3. The molecule has 0 saturated carbocycles. The Balaban J connectivity index is 4.01. The van der Waals surface area contributed by atoms with Crippen LogP contribution in [0.4, 0.5) is 0 Å². The predicted molar refractivity (Wildman–Crippen MR) is 69.7 cm³/mol. The van der Waals surface area contributed by atoms with E-state index in [2.05, 4.69) is 25.3 Å². The van der Waals surface area contributed by atoms with Gasteiger partial charge in [0.2, 0.25) is 0 Å². The van der Waals surface area contributed by atoms with Crippen molar-refractivity contribution in [2.24, 2.45) is 5.73 Å². The van der Waals surface area contributed by atoms with E-state index >= 15 is 0 Å². The van der Waals surface area contributed by atoms with Crippen LogP contribution in [-0.4, -0.2) is 6.04 Å². The molecule has 0 aromatic rings. The number of allylic oxidation sites excluding steroid dienone is 4. The molecule has 0 amide bonds. The first-order valence-corrected chi connectivity index (χ1v) is 5.50. The van der Waals surface area contributed by atoms with Crippen molar-refractivity contribution in [2.45, 2.75) is 39.2 Å². The lowest BCUT2D eigenvalue weighted by atomic mass is 10.0. The van der Waals surface area contributed by atoms with Crippen molar-refractivity contribution in [1.29, 1.82) is 0 Å². The molecule has 0 aliphatic heterocycles. The van der Waals surface area contributed by atoms with E-state index in [-0.39, 0.29) is 6.04 Å². The molecule has 2 N–H and O–H groups in total. The average molecular weight is 205 g/mol. The van der Waals surface area contributed by atoms with E-state index in [9.17, 15) is 0 Å². The molecule has 1 atom stereocenters. The zero-order valence-corrected chi connectivity index (χ0v) is 10.00. The molecule has 0 aliphatic rings. The normalized spacial score (nSPS) is 14.2. The van der Waals surface area contributed by atoms with Crippen LogP contribution >= 0.6 is 0 Å². The van der Waals surface area contributed by atoms with Gasteiger partial charge in [-0.1, -0.05) is 43.0 Å². The standard InChI is InChI=1S/C14H23N/c1-5-9-14(13(4)15)11-8-7-10-12(3)6-2/h5-6,9,11,13H,2-3,7-8,10,15H2,1,4H3/b9-5-,14-11+. The highest BCUT2D eigenvalue weighted by Gasteiger charge is 1.98. The summed E-state index contributed by atoms with van der Waals surface area (Å²) in [5.74, 6) is 0. The molecule has 0 aliphatic carbocycles. The van der Waals surface area contributed by atoms with Crippen molar-refractivity contribution < 1.29 is 0 Å². The Bertz CT molecular complexity index is 257. The minimum absolute atomic E-state index is 0.115. The predicted octanol–water partition coefficient (Wildman–Crippen LogP) is 3.75. The van der Waals surface area contributed by atoms with Crippen LogP contribution in [0.2, 0.25) is 0 Å². The zero-order chi connectivity index (χ0) is 11.7. The van der Waals surface area contributed by atoms with E-state index in [4.69, 9.17) is 5.73 Å². The van der Waals surface area contributed by atoms with Crippen molar-refractivity contribution in [2.75, 3.05) is 0 Å². The molecule has 15 heavy (non-hydrogen) atoms. The molecular weight excluding hydrogens is 182 g/mol. The van der Waals surface area contributed by atoms with Gasteiger partial charge < -0.3 is 5.73 Å². The van der Waals surface area contributed by atoms with Crippen LogP contribution in [0.25, 0.3) is 0 Å². The van der Waals surface area contributed by atoms with E-state index in [1.807, 2.05) is 26.0 Å². The van der Waals surface area contributed by atoms with Crippen LogP contribution < -0.4 is 5.73 Å². The minimum atomic E-state index is 0.115. The van der Waals surface area contributed by atoms with Gasteiger partial charge in [-0.15, -0.1) is 0 Å². The van der Waals surface area contributed by atoms with Crippen molar-refractivity contribution in [3.05, 3.63) is 48.6 Å². The molecule has 0 aromatic heterocycles. The first-order chi connectivity index (χ1) is 7.11. The monoisotopic (exact) mass is 205 g/mol. The van der Waals surface area contributed by atoms with E-state index < -0.39 is 0 Å². The molecule has 1 unspecified atom stereocenters. The van der Waals surface area contributed by atoms with E-state index in [0.29, 0.717) is 0 Å². The van der Waals surface area contributed by atoms with Gasteiger partial charge in [0.1, 0.15) is 0 Å². The number of hydrogen-bond acceptors (Lipinski definition) is 1. The summed E-state index contributed by atoms with van der Waals surface area (Å²) in [5, 5.41) is 0. The second-order valence-electron chi connectivity index (χ2n) is 3.75. The largest absolute Gasteiger partial charge is 0.324 e. The van der Waals surface area contributed by atoms with Crippen LogP contribution in [0.3, 0.4) is 0 Å². The summed E-state index contributed by atoms with van der Waals surface area (Å²) < 4.78 is 0. The van der Waals surface area contributed by atoms with Crippen molar-refractivity contribution in [3.63, 3.8) is 0 Å². The summed E-state index contributed by atoms with van der Waals surface area (Å²) in [7, 11) is 0. The van der Waals surface area contributed by atoms with Gasteiger partial charge in [-0.3, -0.25) is 0 Å². The first kappa shape index (κ1) is 13.9. The summed E-state index contributed by atoms with van der Waals surface area (Å²) in [4.78, 5) is 0. The molecule has 1 nitrogen and oxygen atoms in total. The second kappa shape index (κ2) is 8.25. The van der Waals surface area contributed by atoms with Crippen molar-refractivity contribution in [3.8, 4) is 0 Å². The van der Waals surface area contributed by atoms with Crippen LogP contribution in [0.1, 0.15) is 33.1 Å². The quantitative estimate of drug-likeness (QED) is 0.497. The van der Waals surface area contributed by atoms with Crippen molar-refractivity contribution in [1.82, 2.24) is 0 Å². The lowest BCUT2D eigenvalue weighted by Crippen LogP contribution is -2.16. The summed E-state index contributed by atoms with van der Waals surface area (Å²) >= 11 is 0. The lowest BCUT2D eigenvalue weighted by Gasteiger charge is -2.06. The van der Waals surface area contributed by atoms with Crippen LogP contribution in [-0.2, 0) is 0 Å². The Hall–Kier alpha value is -1.08. The van der Waals surface area contributed by atoms with Crippen LogP contribution in [0.15, 0.2) is 48.6 Å². The maximum atomic E-state index is 5.84. The third-order valence-electron chi connectivity index (χ3n) is 2.26. The number of unbranched alkanes of at least 4 members (excludes halogenated alkanes) is 1. The van der Waals surface area contributed by atoms with E-state index in [1.165, 1.54) is 5.57 Å². The molecule has 0 heterocycles. The van der Waals surface area contributed by atoms with E-state index in [0.717, 1.165) is 24.8 Å². The van der Waals surface area contributed by atoms with Gasteiger partial charge in [-0.25, -0.2) is 0 Å². The van der Waals surface area contributed by atoms with E-state index in [1.54, 1.807) is 0 Å². The molecule has 0 bridgehead atoms. The fourth-order valence-corrected chi connectivity index (χ4v) is 1.30. The third-order valence-corrected chi connectivity index (χ3v) is 2.26. The van der Waals surface area contributed by atoms with Gasteiger partial charge in [0, 0.05) is 6.04 Å². The highest BCUT2D eigenvalue weighted by atomic mass is 14.6. The highest BCUT2D eigenvalue weighted by molar-refractivity contribution is 5.23. The molecule has 0 aromatic carbocycles. The number of rotatable bonds is 7. The van der Waals surface area contributed by atoms with Crippen LogP contribution in [0, 0.1) is 0 Å². The zero-order valence-electron chi connectivity index (χ0n) is 10.00. The number of hydrogen-bond donors (Lipinski definition) is 1. The fourth-order valence-electron chi connectivity index (χ4n) is 1.30. The second-order valence-corrected chi connectivity index (χ2v) is 3.75. The molecule has 0 rings (SSSR count). The molecule has 0 saturated heterocycles. The van der Waals surface area contributed by atoms with Crippen molar-refractivity contribution >= 4 is 0 Å². The van der Waals surface area contributed by atoms with Gasteiger partial charge in [-0.2, -0.15) is 0 Å². The van der Waals surface area contributed by atoms with Crippen LogP contribution in [0.5, 0.6) is 0 Å². The van der Waals surface area contributed by atoms with Gasteiger partial charge in [0.05, 0.1) is 0 Å². The summed E-state index contributed by atoms with van der Waals surface area (Å²) in [6, 6.07) is 0.115. The molecule has 0 fully saturated rings. The number of nitrogens with two attached hydrogens (primary N) is 1. The van der Waals surface area contributed by atoms with Gasteiger partial charge in [-0.05, 0) is 38.7 Å². The van der Waals surface area contributed by atoms with Gasteiger partial charge in [0.15, 0.2) is 0 Å². The average Bonchev–Trinajstić information content (AvgIpc) is 2.21. The molecule has 0 spiro atoms. The molecule has 1 heteroatoms. The fraction of sp³-hybridized carbons (Fsp3) is 0.429. The lowest BCUT2D eigenvalue weighted by molar-refractivity contribution is 0.822. The SMILES string of the molecule is C=CC(=C)CCC/C=C(\C=C/C)C(C)N. The van der Waals surface area contributed by atoms with Gasteiger partial charge in [0.25, 0.3) is 0 Å². The maximum absolute atomic E-state index is 5.84. The summed E-state index contributed by atoms with van der Waals surface area (Å²) in [5.41, 5.74) is 8.16. The third kappa shape index (κ3) is 6.92. The summed E-state index contributed by atoms with van der Waals surface area (Å²) in [6.45, 7) is 11.6. The molecule has 84 valence electrons.